The van der Waals surface area contributed by atoms with Gasteiger partial charge < -0.3 is 10.4 Å². The van der Waals surface area contributed by atoms with Crippen molar-refractivity contribution in [1.82, 2.24) is 15.2 Å². The number of pyridine rings is 1. The van der Waals surface area contributed by atoms with Crippen LogP contribution >= 0.6 is 0 Å². The van der Waals surface area contributed by atoms with E-state index >= 15 is 0 Å². The predicted octanol–water partition coefficient (Wildman–Crippen LogP) is 2.73. The van der Waals surface area contributed by atoms with Gasteiger partial charge in [-0.15, -0.1) is 0 Å². The molecule has 0 aliphatic rings. The first-order chi connectivity index (χ1) is 8.13. The number of aromatic nitrogens is 3. The Morgan fingerprint density at radius 3 is 2.94 bits per heavy atom. The third kappa shape index (κ3) is 2.08. The SMILES string of the molecule is Cc1[nH]nc2ccnc(N/C(=C/O)C(C)C)c12. The van der Waals surface area contributed by atoms with E-state index in [2.05, 4.69) is 20.5 Å². The molecule has 5 heteroatoms. The molecule has 0 atom stereocenters. The number of nitrogens with zero attached hydrogens (tertiary/aromatic N) is 2. The molecule has 2 aromatic rings. The molecule has 17 heavy (non-hydrogen) atoms. The third-order valence-electron chi connectivity index (χ3n) is 2.67. The molecule has 0 radical (unpaired) electrons. The van der Waals surface area contributed by atoms with Crippen LogP contribution in [0, 0.1) is 12.8 Å². The second kappa shape index (κ2) is 4.45. The lowest BCUT2D eigenvalue weighted by molar-refractivity contribution is 0.459. The first-order valence-electron chi connectivity index (χ1n) is 5.54. The van der Waals surface area contributed by atoms with Crippen molar-refractivity contribution in [2.75, 3.05) is 5.32 Å². The van der Waals surface area contributed by atoms with Crippen LogP contribution in [0.15, 0.2) is 24.2 Å². The van der Waals surface area contributed by atoms with Crippen LogP contribution in [0.4, 0.5) is 5.82 Å². The van der Waals surface area contributed by atoms with Gasteiger partial charge in [0, 0.05) is 11.9 Å². The molecule has 0 saturated carbocycles. The minimum atomic E-state index is 0.198. The van der Waals surface area contributed by atoms with Crippen LogP contribution in [-0.4, -0.2) is 20.3 Å². The Hall–Kier alpha value is -2.04. The molecule has 0 fully saturated rings. The summed E-state index contributed by atoms with van der Waals surface area (Å²) in [4.78, 5) is 4.29. The van der Waals surface area contributed by atoms with Gasteiger partial charge in [0.1, 0.15) is 5.82 Å². The lowest BCUT2D eigenvalue weighted by Crippen LogP contribution is -2.07. The van der Waals surface area contributed by atoms with E-state index in [1.165, 1.54) is 0 Å². The van der Waals surface area contributed by atoms with E-state index in [1.807, 2.05) is 26.8 Å². The number of rotatable bonds is 3. The Labute approximate surface area is 99.6 Å². The van der Waals surface area contributed by atoms with Crippen molar-refractivity contribution < 1.29 is 5.11 Å². The maximum atomic E-state index is 9.17. The van der Waals surface area contributed by atoms with Gasteiger partial charge in [-0.1, -0.05) is 13.8 Å². The van der Waals surface area contributed by atoms with E-state index < -0.39 is 0 Å². The molecular weight excluding hydrogens is 216 g/mol. The van der Waals surface area contributed by atoms with Crippen molar-refractivity contribution in [3.05, 3.63) is 29.9 Å². The summed E-state index contributed by atoms with van der Waals surface area (Å²) in [6.07, 6.45) is 2.78. The zero-order valence-corrected chi connectivity index (χ0v) is 10.2. The molecular formula is C12H16N4O. The lowest BCUT2D eigenvalue weighted by Gasteiger charge is -2.12. The van der Waals surface area contributed by atoms with Crippen LogP contribution in [-0.2, 0) is 0 Å². The Morgan fingerprint density at radius 1 is 1.53 bits per heavy atom. The number of anilines is 1. The molecule has 0 unspecified atom stereocenters. The van der Waals surface area contributed by atoms with Crippen molar-refractivity contribution in [2.45, 2.75) is 20.8 Å². The highest BCUT2D eigenvalue weighted by molar-refractivity contribution is 5.91. The number of fused-ring (bicyclic) bond motifs is 1. The summed E-state index contributed by atoms with van der Waals surface area (Å²) in [6.45, 7) is 5.94. The Bertz CT molecular complexity index is 557. The first-order valence-corrected chi connectivity index (χ1v) is 5.54. The van der Waals surface area contributed by atoms with Crippen LogP contribution in [0.3, 0.4) is 0 Å². The zero-order valence-electron chi connectivity index (χ0n) is 10.2. The van der Waals surface area contributed by atoms with Gasteiger partial charge in [0.05, 0.1) is 22.9 Å². The van der Waals surface area contributed by atoms with Gasteiger partial charge in [-0.05, 0) is 18.9 Å². The second-order valence-electron chi connectivity index (χ2n) is 4.27. The van der Waals surface area contributed by atoms with Crippen molar-refractivity contribution in [3.8, 4) is 0 Å². The number of allylic oxidation sites excluding steroid dienone is 1. The van der Waals surface area contributed by atoms with E-state index in [0.29, 0.717) is 5.82 Å². The van der Waals surface area contributed by atoms with Gasteiger partial charge in [-0.25, -0.2) is 4.98 Å². The molecule has 2 rings (SSSR count). The predicted molar refractivity (Wildman–Crippen MR) is 67.8 cm³/mol. The highest BCUT2D eigenvalue weighted by Gasteiger charge is 2.11. The fraction of sp³-hybridized carbons (Fsp3) is 0.333. The average molecular weight is 232 g/mol. The topological polar surface area (TPSA) is 73.8 Å². The Morgan fingerprint density at radius 2 is 2.29 bits per heavy atom. The number of hydrogen-bond acceptors (Lipinski definition) is 4. The van der Waals surface area contributed by atoms with Crippen LogP contribution in [0.1, 0.15) is 19.5 Å². The molecule has 2 aromatic heterocycles. The fourth-order valence-electron chi connectivity index (χ4n) is 1.67. The van der Waals surface area contributed by atoms with E-state index in [4.69, 9.17) is 0 Å². The summed E-state index contributed by atoms with van der Waals surface area (Å²) >= 11 is 0. The Balaban J connectivity index is 2.45. The molecule has 3 N–H and O–H groups in total. The number of H-pyrrole nitrogens is 1. The molecule has 0 bridgehead atoms. The number of aliphatic hydroxyl groups is 1. The highest BCUT2D eigenvalue weighted by atomic mass is 16.2. The smallest absolute Gasteiger partial charge is 0.141 e. The molecule has 0 spiro atoms. The summed E-state index contributed by atoms with van der Waals surface area (Å²) in [5, 5.41) is 20.4. The fourth-order valence-corrected chi connectivity index (χ4v) is 1.67. The molecule has 0 aliphatic carbocycles. The molecule has 2 heterocycles. The van der Waals surface area contributed by atoms with Crippen LogP contribution in [0.2, 0.25) is 0 Å². The van der Waals surface area contributed by atoms with Gasteiger partial charge in [-0.2, -0.15) is 5.10 Å². The van der Waals surface area contributed by atoms with Crippen molar-refractivity contribution in [3.63, 3.8) is 0 Å². The molecule has 0 amide bonds. The summed E-state index contributed by atoms with van der Waals surface area (Å²) in [7, 11) is 0. The van der Waals surface area contributed by atoms with Gasteiger partial charge in [0.2, 0.25) is 0 Å². The highest BCUT2D eigenvalue weighted by Crippen LogP contribution is 2.24. The minimum absolute atomic E-state index is 0.198. The number of nitrogens with one attached hydrogen (secondary N) is 2. The van der Waals surface area contributed by atoms with Crippen LogP contribution < -0.4 is 5.32 Å². The monoisotopic (exact) mass is 232 g/mol. The molecule has 0 saturated heterocycles. The van der Waals surface area contributed by atoms with Crippen molar-refractivity contribution >= 4 is 16.7 Å². The number of hydrogen-bond donors (Lipinski definition) is 3. The van der Waals surface area contributed by atoms with Gasteiger partial charge in [0.15, 0.2) is 0 Å². The maximum Gasteiger partial charge on any atom is 0.141 e. The van der Waals surface area contributed by atoms with E-state index in [1.54, 1.807) is 6.20 Å². The third-order valence-corrected chi connectivity index (χ3v) is 2.67. The molecule has 5 nitrogen and oxygen atoms in total. The van der Waals surface area contributed by atoms with Crippen LogP contribution in [0.25, 0.3) is 10.9 Å². The summed E-state index contributed by atoms with van der Waals surface area (Å²) in [5.41, 5.74) is 2.54. The standard InChI is InChI=1S/C12H16N4O/c1-7(2)10(6-17)14-12-11-8(3)15-16-9(11)4-5-13-12/h4-7,17H,1-3H3,(H,13,14)(H,15,16)/b10-6+. The Kier molecular flexibility index (Phi) is 2.99. The molecule has 90 valence electrons. The normalized spacial score (nSPS) is 12.4. The zero-order chi connectivity index (χ0) is 12.4. The average Bonchev–Trinajstić information content (AvgIpc) is 2.68. The summed E-state index contributed by atoms with van der Waals surface area (Å²) < 4.78 is 0. The quantitative estimate of drug-likeness (QED) is 0.711. The van der Waals surface area contributed by atoms with Gasteiger partial charge in [0.25, 0.3) is 0 Å². The summed E-state index contributed by atoms with van der Waals surface area (Å²) in [6, 6.07) is 1.85. The minimum Gasteiger partial charge on any atom is -0.514 e. The van der Waals surface area contributed by atoms with E-state index in [0.717, 1.165) is 28.6 Å². The lowest BCUT2D eigenvalue weighted by atomic mass is 10.1. The van der Waals surface area contributed by atoms with Crippen molar-refractivity contribution in [1.29, 1.82) is 0 Å². The molecule has 0 aromatic carbocycles. The molecule has 0 aliphatic heterocycles. The summed E-state index contributed by atoms with van der Waals surface area (Å²) in [5.74, 6) is 0.909. The second-order valence-corrected chi connectivity index (χ2v) is 4.27. The van der Waals surface area contributed by atoms with Gasteiger partial charge in [-0.3, -0.25) is 5.10 Å². The number of aromatic amines is 1. The number of aliphatic hydroxyl groups excluding tert-OH is 1. The largest absolute Gasteiger partial charge is 0.514 e. The van der Waals surface area contributed by atoms with Gasteiger partial charge >= 0.3 is 0 Å². The van der Waals surface area contributed by atoms with Crippen molar-refractivity contribution in [2.24, 2.45) is 5.92 Å². The van der Waals surface area contributed by atoms with E-state index in [9.17, 15) is 5.11 Å². The number of aryl methyl sites for hydroxylation is 1. The van der Waals surface area contributed by atoms with Crippen LogP contribution in [0.5, 0.6) is 0 Å². The first kappa shape index (κ1) is 11.4. The maximum absolute atomic E-state index is 9.17. The van der Waals surface area contributed by atoms with E-state index in [-0.39, 0.29) is 5.92 Å².